The summed E-state index contributed by atoms with van der Waals surface area (Å²) in [5, 5.41) is 5.59. The Balaban J connectivity index is 1.67. The largest absolute Gasteiger partial charge is 0.443 e. The molecule has 3 heterocycles. The van der Waals surface area contributed by atoms with Gasteiger partial charge in [0.15, 0.2) is 16.6 Å². The number of ether oxygens (including phenoxy) is 3. The lowest BCUT2D eigenvalue weighted by Gasteiger charge is -2.29. The van der Waals surface area contributed by atoms with Gasteiger partial charge in [0, 0.05) is 12.5 Å². The van der Waals surface area contributed by atoms with Crippen LogP contribution in [0.4, 0.5) is 4.79 Å². The maximum atomic E-state index is 12.7. The highest BCUT2D eigenvalue weighted by Crippen LogP contribution is 2.48. The molecular weight excluding hydrogens is 476 g/mol. The SMILES string of the molecule is CC(C)(C)OC(=O)N(C[C@H]1C[C@@H](n2cnc3c(Cl)ncnc32)[C@H]2OC(C)(C)O[C@H]12)S(N)(=O)=O. The average molecular weight is 503 g/mol. The zero-order valence-corrected chi connectivity index (χ0v) is 20.5. The normalized spacial score (nSPS) is 27.0. The van der Waals surface area contributed by atoms with E-state index in [2.05, 4.69) is 15.0 Å². The molecule has 2 fully saturated rings. The van der Waals surface area contributed by atoms with Crippen molar-refractivity contribution in [2.75, 3.05) is 6.54 Å². The van der Waals surface area contributed by atoms with E-state index in [1.165, 1.54) is 6.33 Å². The number of carbonyl (C=O) groups excluding carboxylic acids is 1. The molecule has 1 amide bonds. The van der Waals surface area contributed by atoms with Crippen LogP contribution in [0.15, 0.2) is 12.7 Å². The van der Waals surface area contributed by atoms with Crippen LogP contribution in [-0.4, -0.2) is 68.5 Å². The number of nitrogens with zero attached hydrogens (tertiary/aromatic N) is 5. The second-order valence-corrected chi connectivity index (χ2v) is 11.5. The Morgan fingerprint density at radius 1 is 1.30 bits per heavy atom. The molecule has 4 rings (SSSR count). The molecule has 182 valence electrons. The van der Waals surface area contributed by atoms with Crippen molar-refractivity contribution in [1.82, 2.24) is 23.8 Å². The quantitative estimate of drug-likeness (QED) is 0.618. The summed E-state index contributed by atoms with van der Waals surface area (Å²) in [5.41, 5.74) is 0.0603. The molecule has 4 atom stereocenters. The lowest BCUT2D eigenvalue weighted by Crippen LogP contribution is -2.47. The van der Waals surface area contributed by atoms with Gasteiger partial charge in [0.2, 0.25) is 0 Å². The monoisotopic (exact) mass is 502 g/mol. The average Bonchev–Trinajstić information content (AvgIpc) is 3.29. The Bertz CT molecular complexity index is 1180. The molecule has 2 aromatic rings. The predicted octanol–water partition coefficient (Wildman–Crippen LogP) is 2.00. The van der Waals surface area contributed by atoms with Crippen LogP contribution >= 0.6 is 11.6 Å². The van der Waals surface area contributed by atoms with Gasteiger partial charge in [-0.15, -0.1) is 0 Å². The smallest absolute Gasteiger partial charge is 0.425 e. The molecule has 1 saturated heterocycles. The van der Waals surface area contributed by atoms with Gasteiger partial charge in [0.1, 0.15) is 23.5 Å². The van der Waals surface area contributed by atoms with E-state index in [0.29, 0.717) is 21.9 Å². The number of hydrogen-bond donors (Lipinski definition) is 1. The minimum atomic E-state index is -4.39. The molecule has 0 aromatic carbocycles. The van der Waals surface area contributed by atoms with Gasteiger partial charge in [-0.1, -0.05) is 11.6 Å². The highest BCUT2D eigenvalue weighted by molar-refractivity contribution is 7.87. The Morgan fingerprint density at radius 2 is 1.97 bits per heavy atom. The summed E-state index contributed by atoms with van der Waals surface area (Å²) in [6, 6.07) is -0.307. The number of aromatic nitrogens is 4. The summed E-state index contributed by atoms with van der Waals surface area (Å²) < 4.78 is 44.5. The van der Waals surface area contributed by atoms with E-state index >= 15 is 0 Å². The van der Waals surface area contributed by atoms with Crippen LogP contribution in [0.3, 0.4) is 0 Å². The van der Waals surface area contributed by atoms with Gasteiger partial charge < -0.3 is 18.8 Å². The Morgan fingerprint density at radius 3 is 2.61 bits per heavy atom. The van der Waals surface area contributed by atoms with Gasteiger partial charge in [-0.3, -0.25) is 0 Å². The summed E-state index contributed by atoms with van der Waals surface area (Å²) >= 11 is 6.15. The van der Waals surface area contributed by atoms with E-state index in [4.69, 9.17) is 31.0 Å². The number of amides is 1. The van der Waals surface area contributed by atoms with Gasteiger partial charge in [0.05, 0.1) is 18.5 Å². The molecule has 2 N–H and O–H groups in total. The van der Waals surface area contributed by atoms with Crippen molar-refractivity contribution in [1.29, 1.82) is 0 Å². The van der Waals surface area contributed by atoms with Crippen LogP contribution in [0.25, 0.3) is 11.2 Å². The van der Waals surface area contributed by atoms with E-state index in [1.54, 1.807) is 40.9 Å². The summed E-state index contributed by atoms with van der Waals surface area (Å²) in [7, 11) is -4.39. The van der Waals surface area contributed by atoms with Crippen LogP contribution in [0.2, 0.25) is 5.15 Å². The Labute approximate surface area is 196 Å². The zero-order chi connectivity index (χ0) is 24.3. The zero-order valence-electron chi connectivity index (χ0n) is 18.9. The van der Waals surface area contributed by atoms with Crippen molar-refractivity contribution in [3.8, 4) is 0 Å². The number of rotatable bonds is 4. The van der Waals surface area contributed by atoms with Crippen LogP contribution in [0.1, 0.15) is 47.1 Å². The summed E-state index contributed by atoms with van der Waals surface area (Å²) in [6.07, 6.45) is 1.34. The molecule has 1 saturated carbocycles. The molecule has 1 aliphatic heterocycles. The van der Waals surface area contributed by atoms with E-state index < -0.39 is 45.8 Å². The number of nitrogens with two attached hydrogens (primary N) is 1. The summed E-state index contributed by atoms with van der Waals surface area (Å²) in [5.74, 6) is -1.34. The van der Waals surface area contributed by atoms with Gasteiger partial charge in [-0.25, -0.2) is 24.9 Å². The highest BCUT2D eigenvalue weighted by atomic mass is 35.5. The third-order valence-corrected chi connectivity index (χ3v) is 6.72. The maximum absolute atomic E-state index is 12.7. The maximum Gasteiger partial charge on any atom is 0.425 e. The number of fused-ring (bicyclic) bond motifs is 2. The lowest BCUT2D eigenvalue weighted by molar-refractivity contribution is -0.160. The molecule has 2 aliphatic rings. The van der Waals surface area contributed by atoms with Crippen LogP contribution in [0.5, 0.6) is 0 Å². The van der Waals surface area contributed by atoms with E-state index in [1.807, 2.05) is 4.57 Å². The van der Waals surface area contributed by atoms with E-state index in [9.17, 15) is 13.2 Å². The van der Waals surface area contributed by atoms with Crippen LogP contribution < -0.4 is 5.14 Å². The fraction of sp³-hybridized carbons (Fsp3) is 0.684. The third kappa shape index (κ3) is 4.78. The molecule has 2 aromatic heterocycles. The van der Waals surface area contributed by atoms with Gasteiger partial charge in [-0.05, 0) is 41.0 Å². The molecule has 12 nitrogen and oxygen atoms in total. The number of hydrogen-bond acceptors (Lipinski definition) is 9. The minimum absolute atomic E-state index is 0.221. The second kappa shape index (κ2) is 8.01. The standard InChI is InChI=1S/C19H27ClN6O6S/c1-18(2,3)32-17(27)26(33(21,28)29)7-10-6-11(14-13(10)30-19(4,5)31-14)25-9-24-12-15(20)22-8-23-16(12)25/h8-11,13-14H,6-7H2,1-5H3,(H2,21,28,29)/t10-,11-,13-,14-/m1/s1. The first kappa shape index (κ1) is 24.1. The molecule has 0 unspecified atom stereocenters. The van der Waals surface area contributed by atoms with Gasteiger partial charge >= 0.3 is 16.3 Å². The first-order valence-corrected chi connectivity index (χ1v) is 12.3. The second-order valence-electron chi connectivity index (χ2n) is 9.67. The summed E-state index contributed by atoms with van der Waals surface area (Å²) in [6.45, 7) is 8.24. The van der Waals surface area contributed by atoms with Gasteiger partial charge in [-0.2, -0.15) is 12.7 Å². The van der Waals surface area contributed by atoms with E-state index in [-0.39, 0.29) is 17.7 Å². The van der Waals surface area contributed by atoms with Crippen molar-refractivity contribution in [2.24, 2.45) is 11.1 Å². The van der Waals surface area contributed by atoms with Crippen molar-refractivity contribution >= 4 is 39.1 Å². The minimum Gasteiger partial charge on any atom is -0.443 e. The Kier molecular flexibility index (Phi) is 5.85. The highest BCUT2D eigenvalue weighted by Gasteiger charge is 2.56. The molecule has 33 heavy (non-hydrogen) atoms. The topological polar surface area (TPSA) is 152 Å². The molecule has 14 heteroatoms. The fourth-order valence-corrected chi connectivity index (χ4v) is 5.20. The third-order valence-electron chi connectivity index (χ3n) is 5.53. The molecule has 0 radical (unpaired) electrons. The predicted molar refractivity (Wildman–Crippen MR) is 117 cm³/mol. The lowest BCUT2D eigenvalue weighted by atomic mass is 10.1. The molecule has 1 aliphatic carbocycles. The van der Waals surface area contributed by atoms with Crippen LogP contribution in [0, 0.1) is 5.92 Å². The molecule has 0 bridgehead atoms. The fourth-order valence-electron chi connectivity index (χ4n) is 4.38. The Hall–Kier alpha value is -2.06. The first-order chi connectivity index (χ1) is 15.2. The van der Waals surface area contributed by atoms with Crippen molar-refractivity contribution in [2.45, 2.75) is 70.7 Å². The molecule has 0 spiro atoms. The van der Waals surface area contributed by atoms with Crippen molar-refractivity contribution in [3.05, 3.63) is 17.8 Å². The van der Waals surface area contributed by atoms with Crippen LogP contribution in [-0.2, 0) is 24.4 Å². The first-order valence-electron chi connectivity index (χ1n) is 10.4. The number of imidazole rings is 1. The van der Waals surface area contributed by atoms with Crippen molar-refractivity contribution < 1.29 is 27.4 Å². The van der Waals surface area contributed by atoms with E-state index in [0.717, 1.165) is 0 Å². The summed E-state index contributed by atoms with van der Waals surface area (Å²) in [4.78, 5) is 25.2. The number of halogens is 1. The van der Waals surface area contributed by atoms with Crippen molar-refractivity contribution in [3.63, 3.8) is 0 Å². The number of carbonyl (C=O) groups is 1. The molecular formula is C19H27ClN6O6S. The van der Waals surface area contributed by atoms with Gasteiger partial charge in [0.25, 0.3) is 0 Å².